The van der Waals surface area contributed by atoms with Crippen LogP contribution in [0.1, 0.15) is 21.6 Å². The van der Waals surface area contributed by atoms with Crippen LogP contribution in [0, 0.1) is 13.8 Å². The Morgan fingerprint density at radius 2 is 1.70 bits per heavy atom. The molecule has 0 fully saturated rings. The second-order valence-corrected chi connectivity index (χ2v) is 8.30. The molecule has 4 rings (SSSR count). The molecule has 0 saturated carbocycles. The van der Waals surface area contributed by atoms with E-state index in [0.29, 0.717) is 16.5 Å². The lowest BCUT2D eigenvalue weighted by Gasteiger charge is -2.10. The van der Waals surface area contributed by atoms with E-state index in [9.17, 15) is 4.79 Å². The number of hydrogen-bond acceptors (Lipinski definition) is 4. The van der Waals surface area contributed by atoms with E-state index in [1.807, 2.05) is 56.3 Å². The summed E-state index contributed by atoms with van der Waals surface area (Å²) in [7, 11) is 0. The first kappa shape index (κ1) is 20.3. The van der Waals surface area contributed by atoms with Crippen molar-refractivity contribution in [3.05, 3.63) is 101 Å². The zero-order chi connectivity index (χ0) is 21.1. The van der Waals surface area contributed by atoms with Crippen molar-refractivity contribution in [2.75, 3.05) is 0 Å². The number of para-hydroxylation sites is 1. The van der Waals surface area contributed by atoms with E-state index in [2.05, 4.69) is 17.2 Å². The maximum atomic E-state index is 12.9. The van der Waals surface area contributed by atoms with Gasteiger partial charge in [-0.25, -0.2) is 4.79 Å². The number of rotatable bonds is 5. The molecule has 0 radical (unpaired) electrons. The van der Waals surface area contributed by atoms with Crippen LogP contribution in [0.3, 0.4) is 0 Å². The van der Waals surface area contributed by atoms with Crippen molar-refractivity contribution in [2.24, 2.45) is 0 Å². The molecule has 4 aromatic rings. The van der Waals surface area contributed by atoms with Crippen LogP contribution in [0.5, 0.6) is 5.88 Å². The van der Waals surface area contributed by atoms with Crippen LogP contribution >= 0.6 is 23.4 Å². The number of benzene rings is 3. The third-order valence-electron chi connectivity index (χ3n) is 4.46. The van der Waals surface area contributed by atoms with Crippen LogP contribution in [0.4, 0.5) is 0 Å². The Labute approximate surface area is 184 Å². The lowest BCUT2D eigenvalue weighted by molar-refractivity contribution is 0.0718. The van der Waals surface area contributed by atoms with Crippen molar-refractivity contribution in [1.29, 1.82) is 0 Å². The maximum Gasteiger partial charge on any atom is 0.344 e. The van der Waals surface area contributed by atoms with E-state index in [1.54, 1.807) is 28.9 Å². The summed E-state index contributed by atoms with van der Waals surface area (Å²) in [4.78, 5) is 14.7. The summed E-state index contributed by atoms with van der Waals surface area (Å²) < 4.78 is 7.53. The number of carbonyl (C=O) groups excluding carboxylic acids is 1. The molecule has 0 aliphatic rings. The molecule has 0 aliphatic carbocycles. The summed E-state index contributed by atoms with van der Waals surface area (Å²) in [5.74, 6) is -0.102. The monoisotopic (exact) mass is 434 g/mol. The SMILES string of the molecule is Cc1ccc(Sc2c(C)nn(-c3ccccc3)c2OC(=O)c2cccc(Cl)c2)cc1. The third-order valence-corrected chi connectivity index (χ3v) is 5.87. The van der Waals surface area contributed by atoms with E-state index < -0.39 is 5.97 Å². The molecular formula is C24H19ClN2O2S. The van der Waals surface area contributed by atoms with Gasteiger partial charge in [0.05, 0.1) is 21.8 Å². The number of ether oxygens (including phenoxy) is 1. The number of aromatic nitrogens is 2. The van der Waals surface area contributed by atoms with Crippen LogP contribution in [0.15, 0.2) is 88.7 Å². The Hall–Kier alpha value is -3.02. The Morgan fingerprint density at radius 1 is 0.967 bits per heavy atom. The van der Waals surface area contributed by atoms with Gasteiger partial charge in [-0.15, -0.1) is 0 Å². The standard InChI is InChI=1S/C24H19ClN2O2S/c1-16-11-13-21(14-12-16)30-22-17(2)26-27(20-9-4-3-5-10-20)23(22)29-24(28)18-7-6-8-19(25)15-18/h3-15H,1-2H3. The van der Waals surface area contributed by atoms with E-state index in [-0.39, 0.29) is 0 Å². The number of aryl methyl sites for hydroxylation is 2. The van der Waals surface area contributed by atoms with E-state index >= 15 is 0 Å². The van der Waals surface area contributed by atoms with Gasteiger partial charge in [0, 0.05) is 9.92 Å². The zero-order valence-electron chi connectivity index (χ0n) is 16.5. The smallest absolute Gasteiger partial charge is 0.344 e. The summed E-state index contributed by atoms with van der Waals surface area (Å²) in [6.45, 7) is 3.96. The average Bonchev–Trinajstić information content (AvgIpc) is 3.05. The average molecular weight is 435 g/mol. The summed E-state index contributed by atoms with van der Waals surface area (Å²) in [5.41, 5.74) is 3.15. The van der Waals surface area contributed by atoms with Gasteiger partial charge in [-0.2, -0.15) is 9.78 Å². The lowest BCUT2D eigenvalue weighted by Crippen LogP contribution is -2.12. The molecule has 150 valence electrons. The predicted octanol–water partition coefficient (Wildman–Crippen LogP) is 6.51. The summed E-state index contributed by atoms with van der Waals surface area (Å²) in [5, 5.41) is 5.13. The molecular weight excluding hydrogens is 416 g/mol. The Bertz CT molecular complexity index is 1190. The number of halogens is 1. The van der Waals surface area contributed by atoms with Crippen molar-refractivity contribution in [3.63, 3.8) is 0 Å². The molecule has 6 heteroatoms. The molecule has 0 bridgehead atoms. The minimum Gasteiger partial charge on any atom is -0.402 e. The van der Waals surface area contributed by atoms with Crippen LogP contribution < -0.4 is 4.74 Å². The van der Waals surface area contributed by atoms with Gasteiger partial charge in [-0.05, 0) is 56.3 Å². The molecule has 0 aliphatic heterocycles. The van der Waals surface area contributed by atoms with Crippen LogP contribution in [-0.2, 0) is 0 Å². The molecule has 1 aromatic heterocycles. The van der Waals surface area contributed by atoms with Gasteiger partial charge in [-0.1, -0.05) is 65.3 Å². The normalized spacial score (nSPS) is 10.8. The Morgan fingerprint density at radius 3 is 2.40 bits per heavy atom. The number of carbonyl (C=O) groups is 1. The fraction of sp³-hybridized carbons (Fsp3) is 0.0833. The van der Waals surface area contributed by atoms with Crippen molar-refractivity contribution >= 4 is 29.3 Å². The quantitative estimate of drug-likeness (QED) is 0.336. The van der Waals surface area contributed by atoms with Gasteiger partial charge in [0.25, 0.3) is 0 Å². The number of nitrogens with zero attached hydrogens (tertiary/aromatic N) is 2. The molecule has 0 saturated heterocycles. The molecule has 4 nitrogen and oxygen atoms in total. The van der Waals surface area contributed by atoms with E-state index in [0.717, 1.165) is 21.2 Å². The topological polar surface area (TPSA) is 44.1 Å². The van der Waals surface area contributed by atoms with Gasteiger partial charge in [0.2, 0.25) is 5.88 Å². The van der Waals surface area contributed by atoms with Crippen molar-refractivity contribution < 1.29 is 9.53 Å². The van der Waals surface area contributed by atoms with Gasteiger partial charge < -0.3 is 4.74 Å². The van der Waals surface area contributed by atoms with Crippen LogP contribution in [0.25, 0.3) is 5.69 Å². The van der Waals surface area contributed by atoms with Crippen molar-refractivity contribution in [2.45, 2.75) is 23.6 Å². The first-order chi connectivity index (χ1) is 14.5. The lowest BCUT2D eigenvalue weighted by atomic mass is 10.2. The highest BCUT2D eigenvalue weighted by molar-refractivity contribution is 7.99. The molecule has 0 unspecified atom stereocenters. The fourth-order valence-electron chi connectivity index (χ4n) is 2.93. The minimum atomic E-state index is -0.486. The largest absolute Gasteiger partial charge is 0.402 e. The summed E-state index contributed by atoms with van der Waals surface area (Å²) in [6.07, 6.45) is 0. The van der Waals surface area contributed by atoms with E-state index in [1.165, 1.54) is 17.3 Å². The molecule has 0 amide bonds. The molecule has 30 heavy (non-hydrogen) atoms. The number of esters is 1. The summed E-state index contributed by atoms with van der Waals surface area (Å²) in [6, 6.07) is 24.5. The Balaban J connectivity index is 1.76. The first-order valence-corrected chi connectivity index (χ1v) is 10.6. The van der Waals surface area contributed by atoms with Crippen molar-refractivity contribution in [1.82, 2.24) is 9.78 Å². The highest BCUT2D eigenvalue weighted by Gasteiger charge is 2.22. The zero-order valence-corrected chi connectivity index (χ0v) is 18.1. The van der Waals surface area contributed by atoms with Gasteiger partial charge in [-0.3, -0.25) is 0 Å². The minimum absolute atomic E-state index is 0.382. The van der Waals surface area contributed by atoms with Gasteiger partial charge in [0.15, 0.2) is 0 Å². The first-order valence-electron chi connectivity index (χ1n) is 9.38. The molecule has 0 N–H and O–H groups in total. The molecule has 3 aromatic carbocycles. The van der Waals surface area contributed by atoms with E-state index in [4.69, 9.17) is 16.3 Å². The van der Waals surface area contributed by atoms with Crippen LogP contribution in [0.2, 0.25) is 5.02 Å². The molecule has 0 spiro atoms. The molecule has 1 heterocycles. The third kappa shape index (κ3) is 4.42. The summed E-state index contributed by atoms with van der Waals surface area (Å²) >= 11 is 7.56. The van der Waals surface area contributed by atoms with Gasteiger partial charge in [0.1, 0.15) is 0 Å². The van der Waals surface area contributed by atoms with Crippen molar-refractivity contribution in [3.8, 4) is 11.6 Å². The van der Waals surface area contributed by atoms with Crippen LogP contribution in [-0.4, -0.2) is 15.7 Å². The maximum absolute atomic E-state index is 12.9. The predicted molar refractivity (Wildman–Crippen MR) is 120 cm³/mol. The Kier molecular flexibility index (Phi) is 5.93. The highest BCUT2D eigenvalue weighted by atomic mass is 35.5. The fourth-order valence-corrected chi connectivity index (χ4v) is 4.03. The second kappa shape index (κ2) is 8.78. The van der Waals surface area contributed by atoms with Gasteiger partial charge >= 0.3 is 5.97 Å². The second-order valence-electron chi connectivity index (χ2n) is 6.78. The highest BCUT2D eigenvalue weighted by Crippen LogP contribution is 2.39. The molecule has 0 atom stereocenters. The number of hydrogen-bond donors (Lipinski definition) is 0.